The van der Waals surface area contributed by atoms with Gasteiger partial charge in [-0.1, -0.05) is 12.1 Å². The van der Waals surface area contributed by atoms with Crippen LogP contribution in [0.1, 0.15) is 30.9 Å². The number of nitrogens with two attached hydrogens (primary N) is 1. The zero-order valence-corrected chi connectivity index (χ0v) is 12.3. The van der Waals surface area contributed by atoms with Crippen LogP contribution >= 0.6 is 0 Å². The fourth-order valence-corrected chi connectivity index (χ4v) is 3.07. The Kier molecular flexibility index (Phi) is 3.85. The lowest BCUT2D eigenvalue weighted by Gasteiger charge is -2.23. The van der Waals surface area contributed by atoms with E-state index in [-0.39, 0.29) is 0 Å². The maximum Gasteiger partial charge on any atom is 0.166 e. The second kappa shape index (κ2) is 5.62. The van der Waals surface area contributed by atoms with E-state index in [4.69, 9.17) is 15.2 Å². The minimum Gasteiger partial charge on any atom is -0.493 e. The van der Waals surface area contributed by atoms with Gasteiger partial charge in [-0.15, -0.1) is 0 Å². The van der Waals surface area contributed by atoms with Gasteiger partial charge >= 0.3 is 0 Å². The Balaban J connectivity index is 1.91. The summed E-state index contributed by atoms with van der Waals surface area (Å²) in [6.45, 7) is 1.81. The van der Waals surface area contributed by atoms with Gasteiger partial charge in [0.1, 0.15) is 0 Å². The van der Waals surface area contributed by atoms with Gasteiger partial charge in [0.25, 0.3) is 0 Å². The predicted molar refractivity (Wildman–Crippen MR) is 79.2 cm³/mol. The molecule has 0 bridgehead atoms. The fraction of sp³-hybridized carbons (Fsp3) is 0.625. The van der Waals surface area contributed by atoms with E-state index in [1.54, 1.807) is 7.11 Å². The molecule has 0 radical (unpaired) electrons. The first-order valence-corrected chi connectivity index (χ1v) is 7.46. The smallest absolute Gasteiger partial charge is 0.166 e. The van der Waals surface area contributed by atoms with Gasteiger partial charge in [-0.2, -0.15) is 0 Å². The third kappa shape index (κ3) is 2.63. The molecule has 1 saturated heterocycles. The fourth-order valence-electron chi connectivity index (χ4n) is 3.07. The van der Waals surface area contributed by atoms with Crippen LogP contribution in [0.2, 0.25) is 0 Å². The van der Waals surface area contributed by atoms with E-state index in [2.05, 4.69) is 24.1 Å². The second-order valence-electron chi connectivity index (χ2n) is 5.99. The number of ether oxygens (including phenoxy) is 2. The van der Waals surface area contributed by atoms with Crippen molar-refractivity contribution >= 4 is 0 Å². The maximum atomic E-state index is 6.13. The third-order valence-corrected chi connectivity index (χ3v) is 4.37. The Morgan fingerprint density at radius 3 is 2.75 bits per heavy atom. The molecule has 2 atom stereocenters. The molecular weight excluding hydrogens is 252 g/mol. The highest BCUT2D eigenvalue weighted by molar-refractivity contribution is 5.48. The molecule has 1 aliphatic heterocycles. The van der Waals surface area contributed by atoms with Crippen LogP contribution in [0.15, 0.2) is 18.2 Å². The topological polar surface area (TPSA) is 47.7 Å². The predicted octanol–water partition coefficient (Wildman–Crippen LogP) is 2.19. The molecule has 20 heavy (non-hydrogen) atoms. The van der Waals surface area contributed by atoms with Crippen LogP contribution in [0, 0.1) is 5.92 Å². The van der Waals surface area contributed by atoms with Gasteiger partial charge in [-0.3, -0.25) is 4.90 Å². The van der Waals surface area contributed by atoms with Gasteiger partial charge in [-0.25, -0.2) is 0 Å². The van der Waals surface area contributed by atoms with Gasteiger partial charge in [0.05, 0.1) is 13.2 Å². The monoisotopic (exact) mass is 276 g/mol. The Bertz CT molecular complexity index is 474. The number of para-hydroxylation sites is 1. The number of methoxy groups -OCH3 is 1. The second-order valence-corrected chi connectivity index (χ2v) is 5.99. The quantitative estimate of drug-likeness (QED) is 0.895. The SMILES string of the molecule is COc1cccc(C2CC(CN)CN2C)c1OC1CC1. The molecule has 0 aromatic heterocycles. The molecule has 3 rings (SSSR count). The first-order valence-electron chi connectivity index (χ1n) is 7.46. The lowest BCUT2D eigenvalue weighted by molar-refractivity contribution is 0.260. The number of hydrogen-bond acceptors (Lipinski definition) is 4. The van der Waals surface area contributed by atoms with E-state index in [0.29, 0.717) is 18.1 Å². The first kappa shape index (κ1) is 13.7. The summed E-state index contributed by atoms with van der Waals surface area (Å²) in [6.07, 6.45) is 3.79. The Labute approximate surface area is 120 Å². The minimum absolute atomic E-state index is 0.377. The highest BCUT2D eigenvalue weighted by atomic mass is 16.5. The summed E-state index contributed by atoms with van der Waals surface area (Å²) in [4.78, 5) is 2.38. The minimum atomic E-state index is 0.377. The van der Waals surface area contributed by atoms with E-state index < -0.39 is 0 Å². The van der Waals surface area contributed by atoms with Crippen LogP contribution in [0.3, 0.4) is 0 Å². The Morgan fingerprint density at radius 1 is 1.35 bits per heavy atom. The van der Waals surface area contributed by atoms with Gasteiger partial charge in [0.15, 0.2) is 11.5 Å². The van der Waals surface area contributed by atoms with Gasteiger partial charge in [0, 0.05) is 18.2 Å². The molecule has 4 heteroatoms. The number of nitrogens with zero attached hydrogens (tertiary/aromatic N) is 1. The molecule has 1 aromatic rings. The van der Waals surface area contributed by atoms with Crippen LogP contribution in [-0.2, 0) is 0 Å². The van der Waals surface area contributed by atoms with Gasteiger partial charge in [-0.05, 0) is 44.8 Å². The van der Waals surface area contributed by atoms with Crippen LogP contribution in [-0.4, -0.2) is 38.3 Å². The summed E-state index contributed by atoms with van der Waals surface area (Å²) in [5, 5.41) is 0. The summed E-state index contributed by atoms with van der Waals surface area (Å²) in [5.41, 5.74) is 7.08. The average molecular weight is 276 g/mol. The summed E-state index contributed by atoms with van der Waals surface area (Å²) < 4.78 is 11.6. The van der Waals surface area contributed by atoms with Crippen LogP contribution in [0.5, 0.6) is 11.5 Å². The van der Waals surface area contributed by atoms with Crippen LogP contribution < -0.4 is 15.2 Å². The standard InChI is InChI=1S/C16H24N2O2/c1-18-10-11(9-17)8-14(18)13-4-3-5-15(19-2)16(13)20-12-6-7-12/h3-5,11-12,14H,6-10,17H2,1-2H3. The molecule has 0 spiro atoms. The molecule has 110 valence electrons. The molecule has 2 fully saturated rings. The van der Waals surface area contributed by atoms with Crippen molar-refractivity contribution in [3.8, 4) is 11.5 Å². The summed E-state index contributed by atoms with van der Waals surface area (Å²) >= 11 is 0. The lowest BCUT2D eigenvalue weighted by atomic mass is 9.98. The zero-order chi connectivity index (χ0) is 14.1. The largest absolute Gasteiger partial charge is 0.493 e. The Hall–Kier alpha value is -1.26. The number of rotatable bonds is 5. The van der Waals surface area contributed by atoms with Crippen molar-refractivity contribution in [3.05, 3.63) is 23.8 Å². The molecule has 1 saturated carbocycles. The van der Waals surface area contributed by atoms with E-state index in [0.717, 1.165) is 43.9 Å². The van der Waals surface area contributed by atoms with Crippen molar-refractivity contribution in [2.75, 3.05) is 27.2 Å². The highest BCUT2D eigenvalue weighted by Gasteiger charge is 2.34. The Morgan fingerprint density at radius 2 is 2.15 bits per heavy atom. The number of benzene rings is 1. The van der Waals surface area contributed by atoms with E-state index in [1.165, 1.54) is 5.56 Å². The van der Waals surface area contributed by atoms with Crippen molar-refractivity contribution in [1.29, 1.82) is 0 Å². The first-order chi connectivity index (χ1) is 9.72. The van der Waals surface area contributed by atoms with Gasteiger partial charge < -0.3 is 15.2 Å². The summed E-state index contributed by atoms with van der Waals surface area (Å²) in [5.74, 6) is 2.36. The summed E-state index contributed by atoms with van der Waals surface area (Å²) in [6, 6.07) is 6.58. The van der Waals surface area contributed by atoms with Crippen molar-refractivity contribution in [2.24, 2.45) is 11.7 Å². The average Bonchev–Trinajstić information content (AvgIpc) is 3.20. The van der Waals surface area contributed by atoms with Crippen LogP contribution in [0.4, 0.5) is 0 Å². The lowest BCUT2D eigenvalue weighted by Crippen LogP contribution is -2.21. The van der Waals surface area contributed by atoms with E-state index >= 15 is 0 Å². The normalized spacial score (nSPS) is 26.8. The molecular formula is C16H24N2O2. The summed E-state index contributed by atoms with van der Waals surface area (Å²) in [7, 11) is 3.88. The molecule has 1 aromatic carbocycles. The molecule has 1 heterocycles. The molecule has 1 aliphatic carbocycles. The molecule has 2 N–H and O–H groups in total. The van der Waals surface area contributed by atoms with E-state index in [9.17, 15) is 0 Å². The third-order valence-electron chi connectivity index (χ3n) is 4.37. The molecule has 2 unspecified atom stereocenters. The molecule has 0 amide bonds. The van der Waals surface area contributed by atoms with Crippen LogP contribution in [0.25, 0.3) is 0 Å². The number of likely N-dealkylation sites (tertiary alicyclic amines) is 1. The van der Waals surface area contributed by atoms with Crippen molar-refractivity contribution in [2.45, 2.75) is 31.4 Å². The van der Waals surface area contributed by atoms with Crippen molar-refractivity contribution in [3.63, 3.8) is 0 Å². The maximum absolute atomic E-state index is 6.13. The van der Waals surface area contributed by atoms with Gasteiger partial charge in [0.2, 0.25) is 0 Å². The number of hydrogen-bond donors (Lipinski definition) is 1. The van der Waals surface area contributed by atoms with E-state index in [1.807, 2.05) is 6.07 Å². The molecule has 4 nitrogen and oxygen atoms in total. The zero-order valence-electron chi connectivity index (χ0n) is 12.3. The molecule has 2 aliphatic rings. The highest BCUT2D eigenvalue weighted by Crippen LogP contribution is 2.44. The van der Waals surface area contributed by atoms with Crippen molar-refractivity contribution in [1.82, 2.24) is 4.90 Å². The van der Waals surface area contributed by atoms with Crippen molar-refractivity contribution < 1.29 is 9.47 Å².